The molecule has 1 aliphatic carbocycles. The summed E-state index contributed by atoms with van der Waals surface area (Å²) in [7, 11) is 0. The number of amides is 1. The molecule has 28 heavy (non-hydrogen) atoms. The van der Waals surface area contributed by atoms with Crippen LogP contribution in [-0.4, -0.2) is 28.4 Å². The van der Waals surface area contributed by atoms with Crippen LogP contribution >= 0.6 is 0 Å². The van der Waals surface area contributed by atoms with Crippen molar-refractivity contribution in [1.29, 1.82) is 0 Å². The van der Waals surface area contributed by atoms with Gasteiger partial charge in [-0.3, -0.25) is 0 Å². The van der Waals surface area contributed by atoms with Gasteiger partial charge in [-0.15, -0.1) is 0 Å². The van der Waals surface area contributed by atoms with Gasteiger partial charge in [0.25, 0.3) is 0 Å². The van der Waals surface area contributed by atoms with Crippen molar-refractivity contribution in [2.45, 2.75) is 63.7 Å². The minimum atomic E-state index is -1.14. The lowest BCUT2D eigenvalue weighted by atomic mass is 9.82. The van der Waals surface area contributed by atoms with E-state index in [-0.39, 0.29) is 6.04 Å². The normalized spacial score (nSPS) is 22.2. The fraction of sp³-hybridized carbons (Fsp3) is 0.455. The van der Waals surface area contributed by atoms with Gasteiger partial charge in [0.15, 0.2) is 5.58 Å². The number of nitrogens with one attached hydrogen (secondary N) is 1. The number of hydrogen-bond acceptors (Lipinski definition) is 5. The van der Waals surface area contributed by atoms with Crippen LogP contribution in [0.1, 0.15) is 52.0 Å². The molecule has 0 bridgehead atoms. The molecule has 0 spiro atoms. The smallest absolute Gasteiger partial charge is 0.407 e. The Bertz CT molecular complexity index is 982. The molecule has 1 saturated carbocycles. The first-order valence-corrected chi connectivity index (χ1v) is 9.42. The molecule has 1 aliphatic rings. The van der Waals surface area contributed by atoms with Gasteiger partial charge in [-0.25, -0.2) is 9.59 Å². The average Bonchev–Trinajstić information content (AvgIpc) is 2.61. The highest BCUT2D eigenvalue weighted by Gasteiger charge is 2.33. The van der Waals surface area contributed by atoms with Gasteiger partial charge in [0.2, 0.25) is 0 Å². The summed E-state index contributed by atoms with van der Waals surface area (Å²) in [6.07, 6.45) is 1.65. The second kappa shape index (κ2) is 7.69. The number of alkyl carbamates (subject to hydrolysis) is 1. The molecule has 6 nitrogen and oxygen atoms in total. The standard InChI is InChI=1S/C22H25NO5/c1-21(2,3)28-20(25)23-17-10-13-22(26,14-11-17)12-9-16-6-4-5-15-7-8-18(24)27-19(15)16/h4-8,17,26H,10-11,13-14H2,1-3H3,(H,23,25)/t17-,22-. The molecule has 1 aromatic carbocycles. The van der Waals surface area contributed by atoms with Crippen LogP contribution in [-0.2, 0) is 4.74 Å². The van der Waals surface area contributed by atoms with Gasteiger partial charge in [0.1, 0.15) is 11.2 Å². The van der Waals surface area contributed by atoms with E-state index in [0.717, 1.165) is 5.39 Å². The summed E-state index contributed by atoms with van der Waals surface area (Å²) in [6, 6.07) is 8.44. The van der Waals surface area contributed by atoms with Crippen molar-refractivity contribution < 1.29 is 19.1 Å². The van der Waals surface area contributed by atoms with E-state index in [1.54, 1.807) is 12.1 Å². The van der Waals surface area contributed by atoms with E-state index in [4.69, 9.17) is 9.15 Å². The molecule has 6 heteroatoms. The van der Waals surface area contributed by atoms with Crippen molar-refractivity contribution in [3.05, 3.63) is 46.3 Å². The number of para-hydroxylation sites is 1. The van der Waals surface area contributed by atoms with Gasteiger partial charge < -0.3 is 19.6 Å². The monoisotopic (exact) mass is 383 g/mol. The Morgan fingerprint density at radius 3 is 2.64 bits per heavy atom. The summed E-state index contributed by atoms with van der Waals surface area (Å²) in [5.74, 6) is 5.90. The fourth-order valence-corrected chi connectivity index (χ4v) is 3.21. The summed E-state index contributed by atoms with van der Waals surface area (Å²) in [5, 5.41) is 14.4. The first-order valence-electron chi connectivity index (χ1n) is 9.42. The summed E-state index contributed by atoms with van der Waals surface area (Å²) in [6.45, 7) is 5.45. The zero-order valence-corrected chi connectivity index (χ0v) is 16.4. The molecular formula is C22H25NO5. The number of aliphatic hydroxyl groups is 1. The third-order valence-corrected chi connectivity index (χ3v) is 4.61. The van der Waals surface area contributed by atoms with E-state index in [9.17, 15) is 14.7 Å². The maximum absolute atomic E-state index is 11.9. The van der Waals surface area contributed by atoms with Crippen molar-refractivity contribution in [1.82, 2.24) is 5.32 Å². The highest BCUT2D eigenvalue weighted by Crippen LogP contribution is 2.28. The highest BCUT2D eigenvalue weighted by molar-refractivity contribution is 5.82. The van der Waals surface area contributed by atoms with Gasteiger partial charge >= 0.3 is 11.7 Å². The Hall–Kier alpha value is -2.78. The first kappa shape index (κ1) is 20.0. The highest BCUT2D eigenvalue weighted by atomic mass is 16.6. The molecular weight excluding hydrogens is 358 g/mol. The zero-order valence-electron chi connectivity index (χ0n) is 16.4. The maximum Gasteiger partial charge on any atom is 0.407 e. The largest absolute Gasteiger partial charge is 0.444 e. The topological polar surface area (TPSA) is 88.8 Å². The second-order valence-electron chi connectivity index (χ2n) is 8.18. The lowest BCUT2D eigenvalue weighted by molar-refractivity contribution is 0.0343. The van der Waals surface area contributed by atoms with Crippen LogP contribution in [0.3, 0.4) is 0 Å². The lowest BCUT2D eigenvalue weighted by Crippen LogP contribution is -2.44. The Labute approximate surface area is 163 Å². The van der Waals surface area contributed by atoms with E-state index in [1.807, 2.05) is 32.9 Å². The first-order chi connectivity index (χ1) is 13.1. The van der Waals surface area contributed by atoms with Crippen LogP contribution < -0.4 is 10.9 Å². The Balaban J connectivity index is 1.67. The van der Waals surface area contributed by atoms with Crippen molar-refractivity contribution in [3.63, 3.8) is 0 Å². The Morgan fingerprint density at radius 2 is 1.96 bits per heavy atom. The van der Waals surface area contributed by atoms with Crippen molar-refractivity contribution in [2.75, 3.05) is 0 Å². The summed E-state index contributed by atoms with van der Waals surface area (Å²) in [5.41, 5.74) is -1.12. The van der Waals surface area contributed by atoms with Crippen LogP contribution in [0, 0.1) is 11.8 Å². The summed E-state index contributed by atoms with van der Waals surface area (Å²) >= 11 is 0. The molecule has 1 fully saturated rings. The minimum absolute atomic E-state index is 0.0486. The van der Waals surface area contributed by atoms with Gasteiger partial charge in [-0.05, 0) is 58.6 Å². The van der Waals surface area contributed by atoms with Crippen LogP contribution in [0.15, 0.2) is 39.5 Å². The van der Waals surface area contributed by atoms with Gasteiger partial charge in [0, 0.05) is 17.5 Å². The fourth-order valence-electron chi connectivity index (χ4n) is 3.21. The van der Waals surface area contributed by atoms with Gasteiger partial charge in [-0.1, -0.05) is 24.0 Å². The van der Waals surface area contributed by atoms with E-state index < -0.39 is 22.9 Å². The number of rotatable bonds is 1. The van der Waals surface area contributed by atoms with Crippen molar-refractivity contribution in [3.8, 4) is 11.8 Å². The maximum atomic E-state index is 11.9. The molecule has 148 valence electrons. The predicted octanol–water partition coefficient (Wildman–Crippen LogP) is 3.34. The number of carbonyl (C=O) groups is 1. The van der Waals surface area contributed by atoms with Gasteiger partial charge in [0.05, 0.1) is 5.56 Å². The molecule has 0 radical (unpaired) electrons. The summed E-state index contributed by atoms with van der Waals surface area (Å²) < 4.78 is 10.5. The molecule has 2 N–H and O–H groups in total. The Kier molecular flexibility index (Phi) is 5.48. The van der Waals surface area contributed by atoms with Crippen molar-refractivity contribution in [2.24, 2.45) is 0 Å². The van der Waals surface area contributed by atoms with E-state index in [1.165, 1.54) is 6.07 Å². The molecule has 0 aliphatic heterocycles. The number of ether oxygens (including phenoxy) is 1. The van der Waals surface area contributed by atoms with Crippen LogP contribution in [0.5, 0.6) is 0 Å². The van der Waals surface area contributed by atoms with Crippen molar-refractivity contribution >= 4 is 17.1 Å². The Morgan fingerprint density at radius 1 is 1.25 bits per heavy atom. The number of benzene rings is 1. The molecule has 2 aromatic rings. The van der Waals surface area contributed by atoms with E-state index in [2.05, 4.69) is 17.2 Å². The third-order valence-electron chi connectivity index (χ3n) is 4.61. The summed E-state index contributed by atoms with van der Waals surface area (Å²) in [4.78, 5) is 23.4. The quantitative estimate of drug-likeness (QED) is 0.582. The predicted molar refractivity (Wildman–Crippen MR) is 106 cm³/mol. The van der Waals surface area contributed by atoms with Crippen LogP contribution in [0.25, 0.3) is 11.0 Å². The molecule has 1 aromatic heterocycles. The zero-order chi connectivity index (χ0) is 20.4. The molecule has 0 unspecified atom stereocenters. The van der Waals surface area contributed by atoms with Gasteiger partial charge in [-0.2, -0.15) is 0 Å². The SMILES string of the molecule is CC(C)(C)OC(=O)N[C@H]1CC[C@@](O)(C#Cc2cccc3ccc(=O)oc23)CC1. The molecule has 3 rings (SSSR count). The molecule has 0 atom stereocenters. The number of carbonyl (C=O) groups excluding carboxylic acids is 1. The van der Waals surface area contributed by atoms with Crippen LogP contribution in [0.2, 0.25) is 0 Å². The van der Waals surface area contributed by atoms with E-state index >= 15 is 0 Å². The molecule has 0 saturated heterocycles. The molecule has 1 heterocycles. The lowest BCUT2D eigenvalue weighted by Gasteiger charge is -2.33. The van der Waals surface area contributed by atoms with E-state index in [0.29, 0.717) is 36.8 Å². The third kappa shape index (κ3) is 5.14. The number of fused-ring (bicyclic) bond motifs is 1. The molecule has 1 amide bonds. The second-order valence-corrected chi connectivity index (χ2v) is 8.18. The number of hydrogen-bond donors (Lipinski definition) is 2. The average molecular weight is 383 g/mol. The van der Waals surface area contributed by atoms with Crippen LogP contribution in [0.4, 0.5) is 4.79 Å². The minimum Gasteiger partial charge on any atom is -0.444 e.